The minimum absolute atomic E-state index is 0.0304. The first-order chi connectivity index (χ1) is 12.7. The Balaban J connectivity index is 1.41. The highest BCUT2D eigenvalue weighted by molar-refractivity contribution is 7.09. The summed E-state index contributed by atoms with van der Waals surface area (Å²) in [6, 6.07) is 16.6. The molecule has 4 nitrogen and oxygen atoms in total. The molecule has 0 saturated heterocycles. The number of benzene rings is 2. The van der Waals surface area contributed by atoms with Crippen LogP contribution in [0.1, 0.15) is 23.2 Å². The maximum Gasteiger partial charge on any atom is 0.230 e. The van der Waals surface area contributed by atoms with Crippen molar-refractivity contribution in [3.63, 3.8) is 0 Å². The third-order valence-electron chi connectivity index (χ3n) is 4.59. The van der Waals surface area contributed by atoms with Crippen molar-refractivity contribution in [1.29, 1.82) is 0 Å². The van der Waals surface area contributed by atoms with E-state index in [-0.39, 0.29) is 5.91 Å². The van der Waals surface area contributed by atoms with Gasteiger partial charge in [0.1, 0.15) is 0 Å². The molecule has 0 saturated carbocycles. The lowest BCUT2D eigenvalue weighted by molar-refractivity contribution is -0.115. The van der Waals surface area contributed by atoms with Gasteiger partial charge in [0.2, 0.25) is 5.91 Å². The molecule has 0 aliphatic carbocycles. The van der Waals surface area contributed by atoms with E-state index in [1.54, 1.807) is 11.3 Å². The van der Waals surface area contributed by atoms with E-state index < -0.39 is 0 Å². The minimum atomic E-state index is -0.0304. The van der Waals surface area contributed by atoms with Crippen LogP contribution in [0.4, 0.5) is 17.1 Å². The van der Waals surface area contributed by atoms with Gasteiger partial charge in [-0.15, -0.1) is 11.3 Å². The predicted octanol–water partition coefficient (Wildman–Crippen LogP) is 4.58. The van der Waals surface area contributed by atoms with Crippen LogP contribution in [0.2, 0.25) is 0 Å². The van der Waals surface area contributed by atoms with Gasteiger partial charge in [0.15, 0.2) is 0 Å². The summed E-state index contributed by atoms with van der Waals surface area (Å²) >= 11 is 1.61. The van der Waals surface area contributed by atoms with E-state index >= 15 is 0 Å². The number of fused-ring (bicyclic) bond motifs is 1. The zero-order valence-corrected chi connectivity index (χ0v) is 15.6. The van der Waals surface area contributed by atoms with E-state index in [1.807, 2.05) is 17.5 Å². The number of nitrogens with zero attached hydrogens (tertiary/aromatic N) is 2. The Hall–Kier alpha value is -2.66. The van der Waals surface area contributed by atoms with Gasteiger partial charge in [0.25, 0.3) is 0 Å². The summed E-state index contributed by atoms with van der Waals surface area (Å²) in [5, 5.41) is 6.00. The second-order valence-electron chi connectivity index (χ2n) is 6.39. The number of hydrogen-bond donors (Lipinski definition) is 1. The highest BCUT2D eigenvalue weighted by Gasteiger charge is 2.19. The molecule has 0 radical (unpaired) electrons. The molecule has 1 aliphatic heterocycles. The fourth-order valence-electron chi connectivity index (χ4n) is 3.29. The Morgan fingerprint density at radius 1 is 1.19 bits per heavy atom. The van der Waals surface area contributed by atoms with Gasteiger partial charge in [0, 0.05) is 29.0 Å². The van der Waals surface area contributed by atoms with Crippen molar-refractivity contribution in [3.8, 4) is 0 Å². The zero-order valence-electron chi connectivity index (χ0n) is 14.7. The van der Waals surface area contributed by atoms with Crippen molar-refractivity contribution in [1.82, 2.24) is 4.98 Å². The second kappa shape index (κ2) is 7.30. The molecule has 0 spiro atoms. The van der Waals surface area contributed by atoms with Gasteiger partial charge in [-0.05, 0) is 48.7 Å². The van der Waals surface area contributed by atoms with Gasteiger partial charge < -0.3 is 10.2 Å². The van der Waals surface area contributed by atoms with Gasteiger partial charge in [-0.25, -0.2) is 4.98 Å². The fourth-order valence-corrected chi connectivity index (χ4v) is 4.04. The Kier molecular flexibility index (Phi) is 4.71. The van der Waals surface area contributed by atoms with Crippen molar-refractivity contribution in [2.75, 3.05) is 16.8 Å². The molecule has 2 heterocycles. The van der Waals surface area contributed by atoms with Crippen molar-refractivity contribution in [2.45, 2.75) is 26.2 Å². The molecule has 1 aliphatic rings. The number of thiazole rings is 1. The molecule has 26 heavy (non-hydrogen) atoms. The van der Waals surface area contributed by atoms with Crippen LogP contribution in [0.5, 0.6) is 0 Å². The number of carbonyl (C=O) groups excluding carboxylic acids is 1. The maximum atomic E-state index is 12.2. The van der Waals surface area contributed by atoms with Crippen molar-refractivity contribution in [3.05, 3.63) is 70.2 Å². The topological polar surface area (TPSA) is 45.2 Å². The minimum Gasteiger partial charge on any atom is -0.341 e. The summed E-state index contributed by atoms with van der Waals surface area (Å²) in [7, 11) is 0. The highest BCUT2D eigenvalue weighted by atomic mass is 32.1. The van der Waals surface area contributed by atoms with Gasteiger partial charge >= 0.3 is 0 Å². The lowest BCUT2D eigenvalue weighted by atomic mass is 10.2. The van der Waals surface area contributed by atoms with Crippen LogP contribution in [0.3, 0.4) is 0 Å². The lowest BCUT2D eigenvalue weighted by Gasteiger charge is -2.20. The molecule has 0 bridgehead atoms. The fraction of sp³-hybridized carbons (Fsp3) is 0.238. The maximum absolute atomic E-state index is 12.2. The number of aryl methyl sites for hydroxylation is 1. The molecule has 0 fully saturated rings. The first-order valence-electron chi connectivity index (χ1n) is 8.91. The van der Waals surface area contributed by atoms with Crippen molar-refractivity contribution in [2.24, 2.45) is 0 Å². The molecular weight excluding hydrogens is 342 g/mol. The summed E-state index contributed by atoms with van der Waals surface area (Å²) < 4.78 is 0. The molecule has 4 rings (SSSR count). The number of para-hydroxylation sites is 1. The Bertz CT molecular complexity index is 917. The van der Waals surface area contributed by atoms with E-state index in [9.17, 15) is 4.79 Å². The summed E-state index contributed by atoms with van der Waals surface area (Å²) in [5.74, 6) is -0.0304. The van der Waals surface area contributed by atoms with Gasteiger partial charge in [-0.2, -0.15) is 0 Å². The van der Waals surface area contributed by atoms with Crippen LogP contribution in [-0.4, -0.2) is 17.4 Å². The summed E-state index contributed by atoms with van der Waals surface area (Å²) in [6.07, 6.45) is 2.30. The number of hydrogen-bond acceptors (Lipinski definition) is 4. The first kappa shape index (κ1) is 16.8. The van der Waals surface area contributed by atoms with Crippen LogP contribution in [0.15, 0.2) is 53.9 Å². The van der Waals surface area contributed by atoms with Gasteiger partial charge in [0.05, 0.1) is 17.1 Å². The van der Waals surface area contributed by atoms with Crippen LogP contribution < -0.4 is 10.2 Å². The largest absolute Gasteiger partial charge is 0.341 e. The number of nitrogens with one attached hydrogen (secondary N) is 1. The molecule has 3 aromatic rings. The molecule has 132 valence electrons. The molecule has 0 unspecified atom stereocenters. The van der Waals surface area contributed by atoms with Crippen molar-refractivity contribution >= 4 is 34.3 Å². The summed E-state index contributed by atoms with van der Waals surface area (Å²) in [4.78, 5) is 19.0. The number of aromatic nitrogens is 1. The third-order valence-corrected chi connectivity index (χ3v) is 5.64. The van der Waals surface area contributed by atoms with Crippen molar-refractivity contribution < 1.29 is 4.79 Å². The Morgan fingerprint density at radius 3 is 2.77 bits per heavy atom. The first-order valence-corrected chi connectivity index (χ1v) is 9.79. The van der Waals surface area contributed by atoms with E-state index in [0.717, 1.165) is 41.5 Å². The van der Waals surface area contributed by atoms with Gasteiger partial charge in [-0.3, -0.25) is 4.79 Å². The lowest BCUT2D eigenvalue weighted by Crippen LogP contribution is -2.15. The normalized spacial score (nSPS) is 12.9. The molecule has 5 heteroatoms. The summed E-state index contributed by atoms with van der Waals surface area (Å²) in [6.45, 7) is 3.07. The van der Waals surface area contributed by atoms with E-state index in [0.29, 0.717) is 6.42 Å². The summed E-state index contributed by atoms with van der Waals surface area (Å²) in [5.41, 5.74) is 5.48. The molecule has 1 N–H and O–H groups in total. The molecule has 0 atom stereocenters. The smallest absolute Gasteiger partial charge is 0.230 e. The standard InChI is InChI=1S/C21H21N3OS/c1-2-21-23-17(14-26-21)13-20(25)22-16-7-9-18(10-8-16)24-12-11-15-5-3-4-6-19(15)24/h3-10,14H,2,11-13H2,1H3,(H,22,25). The zero-order chi connectivity index (χ0) is 17.9. The molecular formula is C21H21N3OS. The monoisotopic (exact) mass is 363 g/mol. The van der Waals surface area contributed by atoms with Crippen LogP contribution in [0.25, 0.3) is 0 Å². The number of rotatable bonds is 5. The third kappa shape index (κ3) is 3.48. The van der Waals surface area contributed by atoms with E-state index in [4.69, 9.17) is 0 Å². The van der Waals surface area contributed by atoms with E-state index in [1.165, 1.54) is 11.3 Å². The van der Waals surface area contributed by atoms with E-state index in [2.05, 4.69) is 58.5 Å². The highest BCUT2D eigenvalue weighted by Crippen LogP contribution is 2.34. The Labute approximate surface area is 157 Å². The average molecular weight is 363 g/mol. The second-order valence-corrected chi connectivity index (χ2v) is 7.33. The quantitative estimate of drug-likeness (QED) is 0.722. The van der Waals surface area contributed by atoms with Crippen LogP contribution in [0, 0.1) is 0 Å². The van der Waals surface area contributed by atoms with Gasteiger partial charge in [-0.1, -0.05) is 25.1 Å². The number of carbonyl (C=O) groups is 1. The number of anilines is 3. The number of amides is 1. The molecule has 1 amide bonds. The molecule has 1 aromatic heterocycles. The van der Waals surface area contributed by atoms with Crippen LogP contribution in [-0.2, 0) is 24.1 Å². The SMILES string of the molecule is CCc1nc(CC(=O)Nc2ccc(N3CCc4ccccc43)cc2)cs1. The molecule has 2 aromatic carbocycles. The predicted molar refractivity (Wildman–Crippen MR) is 107 cm³/mol. The Morgan fingerprint density at radius 2 is 2.00 bits per heavy atom. The van der Waals surface area contributed by atoms with Crippen LogP contribution >= 0.6 is 11.3 Å². The average Bonchev–Trinajstić information content (AvgIpc) is 3.29.